The lowest BCUT2D eigenvalue weighted by Gasteiger charge is -2.30. The van der Waals surface area contributed by atoms with E-state index in [1.807, 2.05) is 0 Å². The van der Waals surface area contributed by atoms with Gasteiger partial charge in [-0.2, -0.15) is 0 Å². The van der Waals surface area contributed by atoms with E-state index in [0.29, 0.717) is 36.6 Å². The molecular weight excluding hydrogens is 373 g/mol. The zero-order chi connectivity index (χ0) is 18.1. The van der Waals surface area contributed by atoms with Crippen LogP contribution >= 0.6 is 23.2 Å². The number of nitrogens with zero attached hydrogens (tertiary/aromatic N) is 3. The maximum Gasteiger partial charge on any atom is 0.393 e. The minimum Gasteiger partial charge on any atom is -0.474 e. The first-order valence-corrected chi connectivity index (χ1v) is 8.28. The molecule has 0 aliphatic carbocycles. The number of hydrogen-bond donors (Lipinski definition) is 3. The van der Waals surface area contributed by atoms with E-state index in [9.17, 15) is 9.59 Å². The Hall–Kier alpha value is -2.26. The van der Waals surface area contributed by atoms with E-state index >= 15 is 0 Å². The maximum absolute atomic E-state index is 12.3. The molecule has 1 aliphatic rings. The second-order valence-electron chi connectivity index (χ2n) is 5.68. The number of aromatic nitrogens is 3. The van der Waals surface area contributed by atoms with Crippen molar-refractivity contribution in [2.75, 3.05) is 18.0 Å². The van der Waals surface area contributed by atoms with Crippen LogP contribution in [-0.4, -0.2) is 51.3 Å². The number of H-pyrrole nitrogens is 1. The fourth-order valence-electron chi connectivity index (χ4n) is 2.63. The van der Waals surface area contributed by atoms with Crippen LogP contribution in [0.15, 0.2) is 4.42 Å². The molecule has 0 saturated carbocycles. The highest BCUT2D eigenvalue weighted by Gasteiger charge is 2.26. The first-order valence-electron chi connectivity index (χ1n) is 7.53. The van der Waals surface area contributed by atoms with Crippen molar-refractivity contribution in [2.45, 2.75) is 25.8 Å². The zero-order valence-electron chi connectivity index (χ0n) is 13.2. The standard InChI is InChI=1S/C14H15Cl2N5O4/c1-6-8(15)9(16)10(17-6)11(22)18-7-2-4-21(5-3-7)14-20-19-12(25-14)13(23)24/h7,17H,2-5H2,1H3,(H,18,22)(H,23,24). The van der Waals surface area contributed by atoms with Gasteiger partial charge < -0.3 is 24.7 Å². The van der Waals surface area contributed by atoms with E-state index in [4.69, 9.17) is 32.7 Å². The van der Waals surface area contributed by atoms with Crippen molar-refractivity contribution in [3.8, 4) is 0 Å². The van der Waals surface area contributed by atoms with Gasteiger partial charge in [0, 0.05) is 24.8 Å². The van der Waals surface area contributed by atoms with Gasteiger partial charge in [0.1, 0.15) is 5.69 Å². The molecule has 9 nitrogen and oxygen atoms in total. The molecule has 0 bridgehead atoms. The van der Waals surface area contributed by atoms with Crippen LogP contribution in [0.1, 0.15) is 39.7 Å². The molecule has 2 aromatic rings. The molecule has 1 saturated heterocycles. The van der Waals surface area contributed by atoms with E-state index in [1.165, 1.54) is 0 Å². The molecule has 3 rings (SSSR count). The summed E-state index contributed by atoms with van der Waals surface area (Å²) in [4.78, 5) is 27.8. The van der Waals surface area contributed by atoms with Crippen molar-refractivity contribution >= 4 is 41.1 Å². The lowest BCUT2D eigenvalue weighted by Crippen LogP contribution is -2.45. The number of carboxylic acids is 1. The molecule has 11 heteroatoms. The third-order valence-electron chi connectivity index (χ3n) is 3.98. The smallest absolute Gasteiger partial charge is 0.393 e. The summed E-state index contributed by atoms with van der Waals surface area (Å²) in [6.07, 6.45) is 1.28. The van der Waals surface area contributed by atoms with Gasteiger partial charge in [0.25, 0.3) is 5.91 Å². The number of piperidine rings is 1. The second kappa shape index (κ2) is 6.93. The van der Waals surface area contributed by atoms with Gasteiger partial charge in [0.15, 0.2) is 0 Å². The summed E-state index contributed by atoms with van der Waals surface area (Å²) in [5.74, 6) is -2.03. The van der Waals surface area contributed by atoms with Gasteiger partial charge in [-0.05, 0) is 19.8 Å². The molecule has 1 fully saturated rings. The number of amides is 1. The summed E-state index contributed by atoms with van der Waals surface area (Å²) in [6.45, 7) is 2.83. The average molecular weight is 388 g/mol. The predicted molar refractivity (Wildman–Crippen MR) is 89.5 cm³/mol. The van der Waals surface area contributed by atoms with E-state index in [2.05, 4.69) is 20.5 Å². The van der Waals surface area contributed by atoms with Crippen LogP contribution in [0.5, 0.6) is 0 Å². The monoisotopic (exact) mass is 387 g/mol. The van der Waals surface area contributed by atoms with Gasteiger partial charge in [0.05, 0.1) is 10.0 Å². The number of hydrogen-bond acceptors (Lipinski definition) is 6. The third-order valence-corrected chi connectivity index (χ3v) is 4.93. The van der Waals surface area contributed by atoms with Gasteiger partial charge in [-0.25, -0.2) is 4.79 Å². The number of anilines is 1. The van der Waals surface area contributed by atoms with Crippen LogP contribution in [0.2, 0.25) is 10.0 Å². The van der Waals surface area contributed by atoms with E-state index in [1.54, 1.807) is 11.8 Å². The van der Waals surface area contributed by atoms with Crippen molar-refractivity contribution in [3.63, 3.8) is 0 Å². The molecule has 3 heterocycles. The minimum atomic E-state index is -1.27. The van der Waals surface area contributed by atoms with Gasteiger partial charge in [0.2, 0.25) is 0 Å². The average Bonchev–Trinajstić information content (AvgIpc) is 3.17. The van der Waals surface area contributed by atoms with Gasteiger partial charge in [-0.15, -0.1) is 0 Å². The van der Waals surface area contributed by atoms with E-state index in [0.717, 1.165) is 0 Å². The number of aromatic carboxylic acids is 1. The summed E-state index contributed by atoms with van der Waals surface area (Å²) in [5.41, 5.74) is 0.881. The number of nitrogens with one attached hydrogen (secondary N) is 2. The second-order valence-corrected chi connectivity index (χ2v) is 6.44. The quantitative estimate of drug-likeness (QED) is 0.733. The maximum atomic E-state index is 12.3. The fourth-order valence-corrected chi connectivity index (χ4v) is 3.05. The first-order chi connectivity index (χ1) is 11.9. The highest BCUT2D eigenvalue weighted by atomic mass is 35.5. The Morgan fingerprint density at radius 2 is 1.96 bits per heavy atom. The molecule has 0 unspecified atom stereocenters. The van der Waals surface area contributed by atoms with Crippen LogP contribution in [-0.2, 0) is 0 Å². The SMILES string of the molecule is Cc1[nH]c(C(=O)NC2CCN(c3nnc(C(=O)O)o3)CC2)c(Cl)c1Cl. The van der Waals surface area contributed by atoms with E-state index < -0.39 is 11.9 Å². The first kappa shape index (κ1) is 17.6. The molecule has 134 valence electrons. The van der Waals surface area contributed by atoms with Crippen molar-refractivity contribution in [1.82, 2.24) is 20.5 Å². The molecule has 25 heavy (non-hydrogen) atoms. The molecular formula is C14H15Cl2N5O4. The highest BCUT2D eigenvalue weighted by Crippen LogP contribution is 2.29. The van der Waals surface area contributed by atoms with Crippen LogP contribution in [0, 0.1) is 6.92 Å². The molecule has 1 aliphatic heterocycles. The number of carbonyl (C=O) groups is 2. The van der Waals surface area contributed by atoms with Crippen molar-refractivity contribution in [2.24, 2.45) is 0 Å². The van der Waals surface area contributed by atoms with Gasteiger partial charge in [-0.3, -0.25) is 4.79 Å². The van der Waals surface area contributed by atoms with Crippen LogP contribution in [0.4, 0.5) is 6.01 Å². The lowest BCUT2D eigenvalue weighted by molar-refractivity contribution is 0.0653. The Morgan fingerprint density at radius 3 is 2.48 bits per heavy atom. The Balaban J connectivity index is 1.57. The zero-order valence-corrected chi connectivity index (χ0v) is 14.7. The van der Waals surface area contributed by atoms with Crippen LogP contribution in [0.3, 0.4) is 0 Å². The number of carbonyl (C=O) groups excluding carboxylic acids is 1. The number of carboxylic acid groups (broad SMARTS) is 1. The summed E-state index contributed by atoms with van der Waals surface area (Å²) in [7, 11) is 0. The molecule has 1 amide bonds. The molecule has 0 radical (unpaired) electrons. The molecule has 0 atom stereocenters. The third kappa shape index (κ3) is 3.57. The van der Waals surface area contributed by atoms with E-state index in [-0.39, 0.29) is 28.7 Å². The lowest BCUT2D eigenvalue weighted by atomic mass is 10.1. The van der Waals surface area contributed by atoms with Crippen molar-refractivity contribution in [3.05, 3.63) is 27.3 Å². The molecule has 0 aromatic carbocycles. The molecule has 0 spiro atoms. The van der Waals surface area contributed by atoms with Gasteiger partial charge >= 0.3 is 17.9 Å². The highest BCUT2D eigenvalue weighted by molar-refractivity contribution is 6.44. The Kier molecular flexibility index (Phi) is 4.87. The fraction of sp³-hybridized carbons (Fsp3) is 0.429. The normalized spacial score (nSPS) is 15.4. The number of aryl methyl sites for hydroxylation is 1. The Bertz CT molecular complexity index is 810. The van der Waals surface area contributed by atoms with Gasteiger partial charge in [-0.1, -0.05) is 33.4 Å². The van der Waals surface area contributed by atoms with Crippen molar-refractivity contribution in [1.29, 1.82) is 0 Å². The summed E-state index contributed by atoms with van der Waals surface area (Å²) < 4.78 is 5.08. The number of halogens is 2. The topological polar surface area (TPSA) is 124 Å². The Labute approximate surface area is 152 Å². The molecule has 3 N–H and O–H groups in total. The van der Waals surface area contributed by atoms with Crippen molar-refractivity contribution < 1.29 is 19.1 Å². The predicted octanol–water partition coefficient (Wildman–Crippen LogP) is 2.11. The van der Waals surface area contributed by atoms with Crippen LogP contribution in [0.25, 0.3) is 0 Å². The number of rotatable bonds is 4. The van der Waals surface area contributed by atoms with Crippen LogP contribution < -0.4 is 10.2 Å². The number of aromatic amines is 1. The summed E-state index contributed by atoms with van der Waals surface area (Å²) in [6, 6.07) is 0.112. The minimum absolute atomic E-state index is 0.0518. The summed E-state index contributed by atoms with van der Waals surface area (Å²) in [5, 5.41) is 19.4. The molecule has 2 aromatic heterocycles. The Morgan fingerprint density at radius 1 is 1.28 bits per heavy atom. The summed E-state index contributed by atoms with van der Waals surface area (Å²) >= 11 is 12.0. The largest absolute Gasteiger partial charge is 0.474 e.